The van der Waals surface area contributed by atoms with Crippen molar-refractivity contribution in [1.82, 2.24) is 4.90 Å². The largest absolute Gasteiger partial charge is 0.373 e. The number of nitrogens with zero attached hydrogens (tertiary/aromatic N) is 1. The lowest BCUT2D eigenvalue weighted by molar-refractivity contribution is -0.000703. The monoisotopic (exact) mass is 357 g/mol. The van der Waals surface area contributed by atoms with Crippen molar-refractivity contribution in [2.45, 2.75) is 38.0 Å². The Morgan fingerprint density at radius 3 is 2.19 bits per heavy atom. The molecule has 2 aromatic rings. The Kier molecular flexibility index (Phi) is 4.07. The van der Waals surface area contributed by atoms with Crippen molar-refractivity contribution in [2.75, 3.05) is 0 Å². The molecule has 0 N–H and O–H groups in total. The fourth-order valence-electron chi connectivity index (χ4n) is 3.75. The Balaban J connectivity index is 1.80. The van der Waals surface area contributed by atoms with Crippen molar-refractivity contribution in [3.05, 3.63) is 70.8 Å². The van der Waals surface area contributed by atoms with Gasteiger partial charge in [0.25, 0.3) is 11.8 Å². The van der Waals surface area contributed by atoms with Gasteiger partial charge in [-0.25, -0.2) is 8.78 Å². The van der Waals surface area contributed by atoms with Crippen LogP contribution in [0.2, 0.25) is 0 Å². The molecule has 0 radical (unpaired) electrons. The van der Waals surface area contributed by atoms with Gasteiger partial charge in [-0.3, -0.25) is 14.5 Å². The van der Waals surface area contributed by atoms with Gasteiger partial charge in [0.05, 0.1) is 29.4 Å². The predicted octanol–water partition coefficient (Wildman–Crippen LogP) is 3.87. The average molecular weight is 357 g/mol. The highest BCUT2D eigenvalue weighted by atomic mass is 19.2. The van der Waals surface area contributed by atoms with Gasteiger partial charge in [0, 0.05) is 0 Å². The van der Waals surface area contributed by atoms with Crippen LogP contribution in [0, 0.1) is 11.6 Å². The van der Waals surface area contributed by atoms with E-state index >= 15 is 0 Å². The molecule has 6 heteroatoms. The van der Waals surface area contributed by atoms with E-state index in [1.54, 1.807) is 24.3 Å². The third-order valence-electron chi connectivity index (χ3n) is 5.01. The van der Waals surface area contributed by atoms with E-state index in [4.69, 9.17) is 4.74 Å². The molecular weight excluding hydrogens is 340 g/mol. The zero-order valence-electron chi connectivity index (χ0n) is 14.1. The van der Waals surface area contributed by atoms with Crippen LogP contribution >= 0.6 is 0 Å². The molecule has 2 aromatic carbocycles. The lowest BCUT2D eigenvalue weighted by Gasteiger charge is -2.31. The van der Waals surface area contributed by atoms with Crippen molar-refractivity contribution < 1.29 is 23.1 Å². The molecule has 0 aliphatic carbocycles. The molecule has 4 nitrogen and oxygen atoms in total. The predicted molar refractivity (Wildman–Crippen MR) is 89.6 cm³/mol. The minimum absolute atomic E-state index is 0.0250. The zero-order valence-corrected chi connectivity index (χ0v) is 14.1. The highest BCUT2D eigenvalue weighted by molar-refractivity contribution is 6.21. The lowest BCUT2D eigenvalue weighted by atomic mass is 9.97. The molecule has 26 heavy (non-hydrogen) atoms. The zero-order chi connectivity index (χ0) is 18.4. The minimum Gasteiger partial charge on any atom is -0.373 e. The van der Waals surface area contributed by atoms with Crippen LogP contribution in [0.5, 0.6) is 0 Å². The number of halogens is 2. The Morgan fingerprint density at radius 2 is 1.65 bits per heavy atom. The first-order valence-electron chi connectivity index (χ1n) is 8.54. The maximum absolute atomic E-state index is 13.8. The second-order valence-electron chi connectivity index (χ2n) is 6.71. The van der Waals surface area contributed by atoms with Crippen molar-refractivity contribution in [3.63, 3.8) is 0 Å². The Hall–Kier alpha value is -2.60. The number of hydrogen-bond donors (Lipinski definition) is 0. The van der Waals surface area contributed by atoms with Crippen molar-refractivity contribution in [3.8, 4) is 0 Å². The summed E-state index contributed by atoms with van der Waals surface area (Å²) in [5.74, 6) is -2.88. The Bertz CT molecular complexity index is 863. The molecule has 3 atom stereocenters. The summed E-state index contributed by atoms with van der Waals surface area (Å²) in [6.07, 6.45) is 0.909. The molecule has 134 valence electrons. The van der Waals surface area contributed by atoms with Crippen LogP contribution in [0.15, 0.2) is 42.5 Å². The summed E-state index contributed by atoms with van der Waals surface area (Å²) in [4.78, 5) is 26.9. The first kappa shape index (κ1) is 16.8. The number of benzene rings is 2. The van der Waals surface area contributed by atoms with Crippen LogP contribution in [0.1, 0.15) is 52.1 Å². The van der Waals surface area contributed by atoms with Gasteiger partial charge in [0.2, 0.25) is 0 Å². The molecule has 0 saturated carbocycles. The van der Waals surface area contributed by atoms with Gasteiger partial charge < -0.3 is 4.74 Å². The molecule has 2 aliphatic heterocycles. The first-order chi connectivity index (χ1) is 12.5. The van der Waals surface area contributed by atoms with Crippen LogP contribution in [0.4, 0.5) is 8.78 Å². The maximum Gasteiger partial charge on any atom is 0.262 e. The van der Waals surface area contributed by atoms with E-state index in [-0.39, 0.29) is 6.10 Å². The summed E-state index contributed by atoms with van der Waals surface area (Å²) in [5, 5.41) is 0. The van der Waals surface area contributed by atoms with Crippen LogP contribution in [-0.4, -0.2) is 28.9 Å². The summed E-state index contributed by atoms with van der Waals surface area (Å²) >= 11 is 0. The average Bonchev–Trinajstić information content (AvgIpc) is 3.16. The number of carbonyl (C=O) groups is 2. The number of fused-ring (bicyclic) bond motifs is 1. The molecular formula is C20H17F2NO3. The molecule has 3 unspecified atom stereocenters. The first-order valence-corrected chi connectivity index (χ1v) is 8.54. The number of carbonyl (C=O) groups excluding carboxylic acids is 2. The van der Waals surface area contributed by atoms with Crippen molar-refractivity contribution in [2.24, 2.45) is 0 Å². The standard InChI is InChI=1S/C20H17F2NO3/c1-11-6-9-17(26-11)18(12-7-8-15(21)16(22)10-12)23-19(24)13-4-2-3-5-14(13)20(23)25/h2-5,7-8,10-11,17-18H,6,9H2,1H3. The molecule has 2 heterocycles. The van der Waals surface area contributed by atoms with Crippen molar-refractivity contribution >= 4 is 11.8 Å². The second-order valence-corrected chi connectivity index (χ2v) is 6.71. The topological polar surface area (TPSA) is 46.6 Å². The lowest BCUT2D eigenvalue weighted by Crippen LogP contribution is -2.40. The van der Waals surface area contributed by atoms with Gasteiger partial charge in [-0.05, 0) is 49.6 Å². The van der Waals surface area contributed by atoms with Gasteiger partial charge in [-0.15, -0.1) is 0 Å². The second kappa shape index (κ2) is 6.29. The molecule has 2 aliphatic rings. The number of hydrogen-bond acceptors (Lipinski definition) is 3. The fraction of sp³-hybridized carbons (Fsp3) is 0.300. The number of amides is 2. The van der Waals surface area contributed by atoms with Crippen molar-refractivity contribution in [1.29, 1.82) is 0 Å². The Labute approximate surface area is 149 Å². The summed E-state index contributed by atoms with van der Waals surface area (Å²) in [7, 11) is 0. The fourth-order valence-corrected chi connectivity index (χ4v) is 3.75. The van der Waals surface area contributed by atoms with E-state index in [0.717, 1.165) is 23.5 Å². The molecule has 4 rings (SSSR count). The van der Waals surface area contributed by atoms with E-state index in [9.17, 15) is 18.4 Å². The Morgan fingerprint density at radius 1 is 1.00 bits per heavy atom. The molecule has 0 spiro atoms. The molecule has 0 aromatic heterocycles. The van der Waals surface area contributed by atoms with E-state index < -0.39 is 35.6 Å². The van der Waals surface area contributed by atoms with E-state index in [1.807, 2.05) is 6.92 Å². The summed E-state index contributed by atoms with van der Waals surface area (Å²) in [6, 6.07) is 9.21. The third kappa shape index (κ3) is 2.61. The van der Waals surface area contributed by atoms with Crippen LogP contribution < -0.4 is 0 Å². The molecule has 0 bridgehead atoms. The van der Waals surface area contributed by atoms with Gasteiger partial charge in [0.1, 0.15) is 0 Å². The summed E-state index contributed by atoms with van der Waals surface area (Å²) in [6.45, 7) is 1.91. The SMILES string of the molecule is CC1CCC(C(c2ccc(F)c(F)c2)N2C(=O)c3ccccc3C2=O)O1. The maximum atomic E-state index is 13.8. The van der Waals surface area contributed by atoms with Gasteiger partial charge in [-0.2, -0.15) is 0 Å². The number of ether oxygens (including phenoxy) is 1. The van der Waals surface area contributed by atoms with Crippen LogP contribution in [0.25, 0.3) is 0 Å². The molecule has 1 fully saturated rings. The quantitative estimate of drug-likeness (QED) is 0.784. The molecule has 2 amide bonds. The van der Waals surface area contributed by atoms with Gasteiger partial charge in [0.15, 0.2) is 11.6 Å². The van der Waals surface area contributed by atoms with Gasteiger partial charge >= 0.3 is 0 Å². The van der Waals surface area contributed by atoms with Gasteiger partial charge in [-0.1, -0.05) is 18.2 Å². The highest BCUT2D eigenvalue weighted by Crippen LogP contribution is 2.39. The third-order valence-corrected chi connectivity index (χ3v) is 5.01. The van der Waals surface area contributed by atoms with E-state index in [0.29, 0.717) is 23.1 Å². The normalized spacial score (nSPS) is 23.4. The number of imide groups is 1. The minimum atomic E-state index is -1.02. The van der Waals surface area contributed by atoms with E-state index in [1.165, 1.54) is 6.07 Å². The van der Waals surface area contributed by atoms with E-state index in [2.05, 4.69) is 0 Å². The number of rotatable bonds is 3. The highest BCUT2D eigenvalue weighted by Gasteiger charge is 2.45. The smallest absolute Gasteiger partial charge is 0.262 e. The van der Waals surface area contributed by atoms with Crippen LogP contribution in [-0.2, 0) is 4.74 Å². The molecule has 1 saturated heterocycles. The summed E-state index contributed by atoms with van der Waals surface area (Å²) in [5.41, 5.74) is 0.977. The van der Waals surface area contributed by atoms with Crippen LogP contribution in [0.3, 0.4) is 0 Å². The summed E-state index contributed by atoms with van der Waals surface area (Å²) < 4.78 is 33.1.